The standard InChI is InChI=1S/C27H34ClN5O10S2/c1-3-32(10-9-25(34)42-4-2)27(37)33-15-18(12-21(33)26(35)36)43-17-7-5-16(6-8-17)11-24-30-20-13-19(28)22(44(29,38)39)14-23(20)45(40,41)31-24/h5-8,13-14,18,21,24,30-31H,3-4,9-12,15H2,1-2H3,(H,35,36)(H2,29,38,39)/t18-,21-,24?/m0/s1. The van der Waals surface area contributed by atoms with Crippen LogP contribution in [0.25, 0.3) is 0 Å². The number of esters is 1. The second kappa shape index (κ2) is 13.8. The van der Waals surface area contributed by atoms with Crippen molar-refractivity contribution in [1.29, 1.82) is 0 Å². The zero-order valence-electron chi connectivity index (χ0n) is 24.4. The van der Waals surface area contributed by atoms with Crippen molar-refractivity contribution in [2.75, 3.05) is 31.6 Å². The maximum Gasteiger partial charge on any atom is 0.326 e. The fraction of sp³-hybridized carbons (Fsp3) is 0.444. The third-order valence-corrected chi connectivity index (χ3v) is 10.1. The number of likely N-dealkylation sites (tertiary alicyclic amines) is 1. The first-order valence-corrected chi connectivity index (χ1v) is 17.4. The van der Waals surface area contributed by atoms with Crippen molar-refractivity contribution in [3.63, 3.8) is 0 Å². The van der Waals surface area contributed by atoms with Crippen LogP contribution in [0.2, 0.25) is 5.02 Å². The van der Waals surface area contributed by atoms with Gasteiger partial charge in [0.15, 0.2) is 0 Å². The summed E-state index contributed by atoms with van der Waals surface area (Å²) in [6.45, 7) is 4.02. The molecule has 246 valence electrons. The smallest absolute Gasteiger partial charge is 0.326 e. The molecular weight excluding hydrogens is 654 g/mol. The van der Waals surface area contributed by atoms with Gasteiger partial charge in [-0.2, -0.15) is 4.72 Å². The zero-order valence-corrected chi connectivity index (χ0v) is 26.8. The summed E-state index contributed by atoms with van der Waals surface area (Å²) in [4.78, 5) is 38.7. The molecule has 5 N–H and O–H groups in total. The Morgan fingerprint density at radius 3 is 2.47 bits per heavy atom. The topological polar surface area (TPSA) is 215 Å². The Labute approximate surface area is 265 Å². The molecule has 0 aliphatic carbocycles. The van der Waals surface area contributed by atoms with E-state index < -0.39 is 61.2 Å². The summed E-state index contributed by atoms with van der Waals surface area (Å²) in [5.74, 6) is -1.20. The van der Waals surface area contributed by atoms with E-state index in [1.165, 1.54) is 15.9 Å². The van der Waals surface area contributed by atoms with Gasteiger partial charge in [0.1, 0.15) is 27.7 Å². The van der Waals surface area contributed by atoms with Crippen LogP contribution >= 0.6 is 11.6 Å². The molecule has 1 saturated heterocycles. The van der Waals surface area contributed by atoms with Crippen LogP contribution < -0.4 is 19.9 Å². The summed E-state index contributed by atoms with van der Waals surface area (Å²) in [7, 11) is -8.35. The minimum absolute atomic E-state index is 0.0110. The lowest BCUT2D eigenvalue weighted by atomic mass is 10.1. The molecule has 1 unspecified atom stereocenters. The number of hydrogen-bond donors (Lipinski definition) is 4. The van der Waals surface area contributed by atoms with E-state index in [2.05, 4.69) is 10.0 Å². The number of urea groups is 1. The van der Waals surface area contributed by atoms with E-state index in [4.69, 9.17) is 26.2 Å². The second-order valence-electron chi connectivity index (χ2n) is 10.4. The summed E-state index contributed by atoms with van der Waals surface area (Å²) in [6.07, 6.45) is -1.16. The molecule has 2 aromatic carbocycles. The monoisotopic (exact) mass is 687 g/mol. The van der Waals surface area contributed by atoms with Crippen LogP contribution in [0.15, 0.2) is 46.2 Å². The number of hydrogen-bond acceptors (Lipinski definition) is 10. The van der Waals surface area contributed by atoms with E-state index in [9.17, 15) is 36.3 Å². The van der Waals surface area contributed by atoms with Gasteiger partial charge in [-0.15, -0.1) is 0 Å². The summed E-state index contributed by atoms with van der Waals surface area (Å²) >= 11 is 6.04. The van der Waals surface area contributed by atoms with Crippen molar-refractivity contribution < 1.29 is 45.8 Å². The molecule has 0 saturated carbocycles. The summed E-state index contributed by atoms with van der Waals surface area (Å²) in [5.41, 5.74) is 0.831. The number of carboxylic acids is 1. The molecule has 4 rings (SSSR count). The van der Waals surface area contributed by atoms with Crippen molar-refractivity contribution in [3.05, 3.63) is 47.0 Å². The number of carbonyl (C=O) groups is 3. The number of carboxylic acid groups (broad SMARTS) is 1. The molecule has 18 heteroatoms. The molecule has 0 radical (unpaired) electrons. The number of nitrogens with two attached hydrogens (primary N) is 1. The number of benzene rings is 2. The molecule has 2 aliphatic rings. The van der Waals surface area contributed by atoms with Crippen molar-refractivity contribution in [3.8, 4) is 5.75 Å². The number of nitrogens with zero attached hydrogens (tertiary/aromatic N) is 2. The van der Waals surface area contributed by atoms with Crippen LogP contribution in [-0.4, -0.2) is 94.3 Å². The predicted octanol–water partition coefficient (Wildman–Crippen LogP) is 1.56. The van der Waals surface area contributed by atoms with Crippen LogP contribution in [0.4, 0.5) is 10.5 Å². The molecule has 2 heterocycles. The Balaban J connectivity index is 1.40. The van der Waals surface area contributed by atoms with Crippen LogP contribution in [0.3, 0.4) is 0 Å². The lowest BCUT2D eigenvalue weighted by Crippen LogP contribution is -2.48. The van der Waals surface area contributed by atoms with Gasteiger partial charge in [-0.1, -0.05) is 23.7 Å². The lowest BCUT2D eigenvalue weighted by molar-refractivity contribution is -0.144. The minimum Gasteiger partial charge on any atom is -0.488 e. The van der Waals surface area contributed by atoms with Gasteiger partial charge in [0.2, 0.25) is 20.0 Å². The Bertz CT molecular complexity index is 1670. The summed E-state index contributed by atoms with van der Waals surface area (Å²) < 4.78 is 62.7. The molecule has 0 spiro atoms. The first-order valence-electron chi connectivity index (χ1n) is 14.0. The van der Waals surface area contributed by atoms with E-state index in [0.717, 1.165) is 6.07 Å². The average molecular weight is 688 g/mol. The van der Waals surface area contributed by atoms with E-state index in [0.29, 0.717) is 11.3 Å². The molecule has 0 aromatic heterocycles. The Morgan fingerprint density at radius 1 is 1.18 bits per heavy atom. The van der Waals surface area contributed by atoms with Gasteiger partial charge in [0.05, 0.1) is 36.4 Å². The van der Waals surface area contributed by atoms with Gasteiger partial charge in [0.25, 0.3) is 0 Å². The highest BCUT2D eigenvalue weighted by molar-refractivity contribution is 7.90. The minimum atomic E-state index is -4.25. The molecule has 2 amide bonds. The average Bonchev–Trinajstić information content (AvgIpc) is 3.37. The number of nitrogens with one attached hydrogen (secondary N) is 2. The number of primary sulfonamides is 1. The van der Waals surface area contributed by atoms with Crippen molar-refractivity contribution in [2.45, 2.75) is 61.2 Å². The van der Waals surface area contributed by atoms with E-state index in [1.54, 1.807) is 38.1 Å². The van der Waals surface area contributed by atoms with Crippen molar-refractivity contribution in [1.82, 2.24) is 14.5 Å². The van der Waals surface area contributed by atoms with E-state index in [1.807, 2.05) is 0 Å². The molecule has 45 heavy (non-hydrogen) atoms. The van der Waals surface area contributed by atoms with Gasteiger partial charge in [-0.25, -0.2) is 31.6 Å². The van der Waals surface area contributed by atoms with Crippen LogP contribution in [-0.2, 0) is 40.8 Å². The van der Waals surface area contributed by atoms with Crippen molar-refractivity contribution in [2.24, 2.45) is 5.14 Å². The number of aliphatic carboxylic acids is 1. The fourth-order valence-corrected chi connectivity index (χ4v) is 7.64. The SMILES string of the molecule is CCOC(=O)CCN(CC)C(=O)N1C[C@@H](Oc2ccc(CC3Nc4cc(Cl)c(S(N)(=O)=O)cc4S(=O)(=O)N3)cc2)C[C@H]1C(=O)O. The van der Waals surface area contributed by atoms with Crippen molar-refractivity contribution >= 4 is 55.3 Å². The molecule has 2 aromatic rings. The number of sulfonamides is 2. The van der Waals surface area contributed by atoms with Crippen LogP contribution in [0.1, 0.15) is 32.3 Å². The number of fused-ring (bicyclic) bond motifs is 1. The molecule has 0 bridgehead atoms. The maximum atomic E-state index is 13.2. The third-order valence-electron chi connectivity index (χ3n) is 7.26. The third kappa shape index (κ3) is 8.15. The first kappa shape index (κ1) is 34.2. The zero-order chi connectivity index (χ0) is 33.1. The normalized spacial score (nSPS) is 20.5. The van der Waals surface area contributed by atoms with Crippen LogP contribution in [0.5, 0.6) is 5.75 Å². The Hall–Kier alpha value is -3.64. The van der Waals surface area contributed by atoms with Gasteiger partial charge < -0.3 is 29.7 Å². The number of ether oxygens (including phenoxy) is 2. The Morgan fingerprint density at radius 2 is 1.87 bits per heavy atom. The van der Waals surface area contributed by atoms with Crippen LogP contribution in [0, 0.1) is 0 Å². The molecule has 2 aliphatic heterocycles. The quantitative estimate of drug-likeness (QED) is 0.249. The van der Waals surface area contributed by atoms with Gasteiger partial charge >= 0.3 is 18.0 Å². The number of amides is 2. The van der Waals surface area contributed by atoms with Gasteiger partial charge in [-0.05, 0) is 43.7 Å². The number of anilines is 1. The number of rotatable bonds is 11. The highest BCUT2D eigenvalue weighted by Gasteiger charge is 2.42. The number of carbonyl (C=O) groups excluding carboxylic acids is 2. The van der Waals surface area contributed by atoms with E-state index in [-0.39, 0.29) is 61.1 Å². The molecule has 3 atom stereocenters. The lowest BCUT2D eigenvalue weighted by Gasteiger charge is -2.29. The highest BCUT2D eigenvalue weighted by Crippen LogP contribution is 2.34. The summed E-state index contributed by atoms with van der Waals surface area (Å²) in [6, 6.07) is 7.18. The highest BCUT2D eigenvalue weighted by atomic mass is 35.5. The summed E-state index contributed by atoms with van der Waals surface area (Å²) in [5, 5.41) is 17.7. The fourth-order valence-electron chi connectivity index (χ4n) is 5.14. The predicted molar refractivity (Wildman–Crippen MR) is 162 cm³/mol. The Kier molecular flexibility index (Phi) is 10.5. The molecule has 1 fully saturated rings. The second-order valence-corrected chi connectivity index (χ2v) is 14.0. The van der Waals surface area contributed by atoms with Gasteiger partial charge in [0, 0.05) is 25.9 Å². The largest absolute Gasteiger partial charge is 0.488 e. The van der Waals surface area contributed by atoms with E-state index >= 15 is 0 Å². The van der Waals surface area contributed by atoms with Gasteiger partial charge in [-0.3, -0.25) is 4.79 Å². The molecular formula is C27H34ClN5O10S2. The maximum absolute atomic E-state index is 13.2. The first-order chi connectivity index (χ1) is 21.1. The number of halogens is 1. The molecule has 15 nitrogen and oxygen atoms in total.